The topological polar surface area (TPSA) is 173 Å². The van der Waals surface area contributed by atoms with Crippen LogP contribution in [0.3, 0.4) is 0 Å². The van der Waals surface area contributed by atoms with Crippen molar-refractivity contribution in [3.63, 3.8) is 0 Å². The third kappa shape index (κ3) is 5.64. The van der Waals surface area contributed by atoms with Gasteiger partial charge < -0.3 is 28.8 Å². The van der Waals surface area contributed by atoms with Gasteiger partial charge in [0.05, 0.1) is 18.8 Å². The van der Waals surface area contributed by atoms with Crippen molar-refractivity contribution >= 4 is 43.8 Å². The van der Waals surface area contributed by atoms with Crippen molar-refractivity contribution in [2.75, 3.05) is 24.0 Å². The summed E-state index contributed by atoms with van der Waals surface area (Å²) in [5, 5.41) is 8.63. The second-order valence-corrected chi connectivity index (χ2v) is 13.1. The molecular weight excluding hydrogens is 534 g/mol. The van der Waals surface area contributed by atoms with Crippen molar-refractivity contribution in [2.24, 2.45) is 0 Å². The van der Waals surface area contributed by atoms with Gasteiger partial charge in [-0.05, 0) is 42.8 Å². The highest BCUT2D eigenvalue weighted by Gasteiger charge is 2.36. The van der Waals surface area contributed by atoms with Gasteiger partial charge in [-0.15, -0.1) is 5.10 Å². The molecule has 36 heavy (non-hydrogen) atoms. The van der Waals surface area contributed by atoms with Crippen molar-refractivity contribution in [2.45, 2.75) is 44.1 Å². The first-order valence-corrected chi connectivity index (χ1v) is 15.3. The van der Waals surface area contributed by atoms with Crippen LogP contribution in [0.1, 0.15) is 43.5 Å². The minimum atomic E-state index is -4.70. The van der Waals surface area contributed by atoms with Crippen molar-refractivity contribution in [1.29, 1.82) is 0 Å². The number of ether oxygens (including phenoxy) is 1. The van der Waals surface area contributed by atoms with Gasteiger partial charge in [-0.2, -0.15) is 14.6 Å². The van der Waals surface area contributed by atoms with Crippen LogP contribution in [0.5, 0.6) is 0 Å². The Labute approximate surface area is 211 Å². The normalized spacial score (nSPS) is 24.4. The second-order valence-electron chi connectivity index (χ2n) is 8.81. The van der Waals surface area contributed by atoms with Crippen molar-refractivity contribution in [3.8, 4) is 0 Å². The molecule has 3 N–H and O–H groups in total. The van der Waals surface area contributed by atoms with Gasteiger partial charge in [-0.25, -0.2) is 0 Å². The Morgan fingerprint density at radius 3 is 2.64 bits per heavy atom. The monoisotopic (exact) mass is 558 g/mol. The maximum Gasteiger partial charge on any atom is 0.340 e. The van der Waals surface area contributed by atoms with Crippen LogP contribution in [-0.2, 0) is 18.4 Å². The molecule has 2 aromatic heterocycles. The minimum absolute atomic E-state index is 0.0521. The Hall–Kier alpha value is -1.95. The molecule has 2 fully saturated rings. The van der Waals surface area contributed by atoms with E-state index in [9.17, 15) is 14.0 Å². The lowest BCUT2D eigenvalue weighted by Crippen LogP contribution is -2.24. The molecule has 0 amide bonds. The maximum absolute atomic E-state index is 11.9. The largest absolute Gasteiger partial charge is 0.351 e. The third-order valence-corrected chi connectivity index (χ3v) is 9.80. The standard InChI is InChI=1S/C20H25ClN6O7P2/c21-20-22-18(26-10-4-7-15(26)13-5-2-1-3-6-13)17-19(23-20)27(25-24-17)16-9-8-14(34-16)11-33-36(31,32)12-35(28,29)30/h1-3,5-6,14-16H,4,7-12H2,(H,31,32)(H2,28,29,30)/t14-,15-,16+/m0/s1. The highest BCUT2D eigenvalue weighted by atomic mass is 35.5. The van der Waals surface area contributed by atoms with Gasteiger partial charge in [0.2, 0.25) is 5.28 Å². The minimum Gasteiger partial charge on any atom is -0.351 e. The fourth-order valence-electron chi connectivity index (χ4n) is 4.69. The van der Waals surface area contributed by atoms with Crippen LogP contribution in [0.25, 0.3) is 11.2 Å². The summed E-state index contributed by atoms with van der Waals surface area (Å²) in [6.45, 7) is 0.481. The van der Waals surface area contributed by atoms with E-state index in [1.165, 1.54) is 10.2 Å². The van der Waals surface area contributed by atoms with Gasteiger partial charge in [-0.3, -0.25) is 9.13 Å². The lowest BCUT2D eigenvalue weighted by Gasteiger charge is -2.26. The van der Waals surface area contributed by atoms with Gasteiger partial charge in [0.1, 0.15) is 0 Å². The molecule has 2 aliphatic rings. The van der Waals surface area contributed by atoms with Crippen LogP contribution >= 0.6 is 26.8 Å². The first-order valence-electron chi connectivity index (χ1n) is 11.4. The molecule has 0 radical (unpaired) electrons. The molecule has 2 aliphatic heterocycles. The zero-order chi connectivity index (χ0) is 25.5. The summed E-state index contributed by atoms with van der Waals surface area (Å²) in [6, 6.07) is 10.3. The summed E-state index contributed by atoms with van der Waals surface area (Å²) in [5.74, 6) is -0.651. The first-order chi connectivity index (χ1) is 17.1. The molecule has 5 rings (SSSR count). The van der Waals surface area contributed by atoms with Crippen LogP contribution < -0.4 is 4.90 Å². The Morgan fingerprint density at radius 1 is 1.11 bits per heavy atom. The number of anilines is 1. The number of halogens is 1. The maximum atomic E-state index is 11.9. The van der Waals surface area contributed by atoms with E-state index in [1.807, 2.05) is 18.2 Å². The van der Waals surface area contributed by atoms with E-state index < -0.39 is 33.4 Å². The molecular formula is C20H25ClN6O7P2. The van der Waals surface area contributed by atoms with E-state index >= 15 is 0 Å². The predicted octanol–water partition coefficient (Wildman–Crippen LogP) is 3.23. The molecule has 16 heteroatoms. The van der Waals surface area contributed by atoms with Gasteiger partial charge in [0.15, 0.2) is 29.1 Å². The Morgan fingerprint density at radius 2 is 1.89 bits per heavy atom. The Kier molecular flexibility index (Phi) is 7.19. The SMILES string of the molecule is O=P(O)(O)CP(=O)(O)OC[C@@H]1CC[C@H](n2nnc3c(N4CCC[C@H]4c4ccccc4)nc(Cl)nc32)O1. The Bertz CT molecular complexity index is 1340. The van der Waals surface area contributed by atoms with E-state index in [1.54, 1.807) is 0 Å². The van der Waals surface area contributed by atoms with Gasteiger partial charge in [0, 0.05) is 6.54 Å². The zero-order valence-corrected chi connectivity index (χ0v) is 21.5. The summed E-state index contributed by atoms with van der Waals surface area (Å²) >= 11 is 6.31. The fourth-order valence-corrected chi connectivity index (χ4v) is 7.44. The number of fused-ring (bicyclic) bond motifs is 1. The molecule has 0 bridgehead atoms. The molecule has 13 nitrogen and oxygen atoms in total. The van der Waals surface area contributed by atoms with Crippen LogP contribution in [0.2, 0.25) is 5.28 Å². The molecule has 2 saturated heterocycles. The second kappa shape index (κ2) is 10.1. The fraction of sp³-hybridized carbons (Fsp3) is 0.500. The quantitative estimate of drug-likeness (QED) is 0.272. The number of hydrogen-bond acceptors (Lipinski definition) is 9. The van der Waals surface area contributed by atoms with E-state index in [4.69, 9.17) is 30.6 Å². The lowest BCUT2D eigenvalue weighted by molar-refractivity contribution is -0.0239. The molecule has 1 aromatic carbocycles. The molecule has 1 unspecified atom stereocenters. The smallest absolute Gasteiger partial charge is 0.340 e. The van der Waals surface area contributed by atoms with Gasteiger partial charge in [0.25, 0.3) is 0 Å². The van der Waals surface area contributed by atoms with E-state index in [0.29, 0.717) is 29.8 Å². The van der Waals surface area contributed by atoms with Gasteiger partial charge in [-0.1, -0.05) is 35.5 Å². The summed E-state index contributed by atoms with van der Waals surface area (Å²) in [7, 11) is -9.17. The highest BCUT2D eigenvalue weighted by molar-refractivity contribution is 7.70. The number of aromatic nitrogens is 5. The average Bonchev–Trinajstić information content (AvgIpc) is 3.55. The van der Waals surface area contributed by atoms with Crippen LogP contribution in [0.4, 0.5) is 5.82 Å². The highest BCUT2D eigenvalue weighted by Crippen LogP contribution is 2.55. The average molecular weight is 559 g/mol. The summed E-state index contributed by atoms with van der Waals surface area (Å²) in [4.78, 5) is 38.6. The van der Waals surface area contributed by atoms with Crippen LogP contribution in [0, 0.1) is 0 Å². The molecule has 4 heterocycles. The van der Waals surface area contributed by atoms with E-state index in [2.05, 4.69) is 37.3 Å². The molecule has 0 saturated carbocycles. The first kappa shape index (κ1) is 25.7. The van der Waals surface area contributed by atoms with Crippen LogP contribution in [-0.4, -0.2) is 64.8 Å². The number of benzene rings is 1. The van der Waals surface area contributed by atoms with E-state index in [0.717, 1.165) is 19.4 Å². The third-order valence-electron chi connectivity index (χ3n) is 6.17. The summed E-state index contributed by atoms with van der Waals surface area (Å²) < 4.78 is 35.3. The van der Waals surface area contributed by atoms with E-state index in [-0.39, 0.29) is 17.9 Å². The molecule has 3 aromatic rings. The summed E-state index contributed by atoms with van der Waals surface area (Å²) in [6.07, 6.45) is 1.76. The number of hydrogen-bond donors (Lipinski definition) is 3. The number of nitrogens with zero attached hydrogens (tertiary/aromatic N) is 6. The lowest BCUT2D eigenvalue weighted by atomic mass is 10.0. The van der Waals surface area contributed by atoms with Gasteiger partial charge >= 0.3 is 15.2 Å². The zero-order valence-electron chi connectivity index (χ0n) is 19.0. The predicted molar refractivity (Wildman–Crippen MR) is 130 cm³/mol. The Balaban J connectivity index is 1.35. The molecule has 4 atom stereocenters. The van der Waals surface area contributed by atoms with Crippen molar-refractivity contribution in [1.82, 2.24) is 25.0 Å². The van der Waals surface area contributed by atoms with Crippen molar-refractivity contribution in [3.05, 3.63) is 41.2 Å². The number of rotatable bonds is 8. The van der Waals surface area contributed by atoms with Crippen LogP contribution in [0.15, 0.2) is 30.3 Å². The summed E-state index contributed by atoms with van der Waals surface area (Å²) in [5.41, 5.74) is 2.07. The molecule has 194 valence electrons. The molecule has 0 spiro atoms. The van der Waals surface area contributed by atoms with Crippen molar-refractivity contribution < 1.29 is 33.1 Å². The molecule has 0 aliphatic carbocycles.